The van der Waals surface area contributed by atoms with Crippen LogP contribution in [0, 0.1) is 0 Å². The lowest BCUT2D eigenvalue weighted by Gasteiger charge is -2.40. The van der Waals surface area contributed by atoms with Gasteiger partial charge in [-0.3, -0.25) is 14.1 Å². The second-order valence-electron chi connectivity index (χ2n) is 15.7. The minimum atomic E-state index is -4.60. The smallest absolute Gasteiger partial charge is 0.306 e. The molecule has 13 heteroatoms. The Morgan fingerprint density at radius 1 is 0.589 bits per heavy atom. The van der Waals surface area contributed by atoms with Crippen LogP contribution in [-0.2, 0) is 38.7 Å². The first-order chi connectivity index (χ1) is 27.0. The molecule has 1 heterocycles. The van der Waals surface area contributed by atoms with Crippen molar-refractivity contribution < 1.29 is 56.8 Å². The molecule has 0 amide bonds. The number of esters is 2. The van der Waals surface area contributed by atoms with E-state index in [2.05, 4.69) is 26.0 Å². The highest BCUT2D eigenvalue weighted by Gasteiger charge is 2.46. The van der Waals surface area contributed by atoms with Crippen molar-refractivity contribution in [1.82, 2.24) is 0 Å². The lowest BCUT2D eigenvalue weighted by molar-refractivity contribution is -0.297. The highest BCUT2D eigenvalue weighted by atomic mass is 32.2. The fourth-order valence-electron chi connectivity index (χ4n) is 6.85. The van der Waals surface area contributed by atoms with Gasteiger partial charge in [-0.1, -0.05) is 154 Å². The van der Waals surface area contributed by atoms with E-state index in [9.17, 15) is 37.9 Å². The van der Waals surface area contributed by atoms with Crippen LogP contribution in [0.15, 0.2) is 12.2 Å². The van der Waals surface area contributed by atoms with Gasteiger partial charge in [0.1, 0.15) is 36.8 Å². The Morgan fingerprint density at radius 3 is 1.50 bits per heavy atom. The Morgan fingerprint density at radius 2 is 1.02 bits per heavy atom. The quantitative estimate of drug-likeness (QED) is 0.0203. The molecule has 0 aliphatic carbocycles. The summed E-state index contributed by atoms with van der Waals surface area (Å²) in [4.78, 5) is 25.4. The summed E-state index contributed by atoms with van der Waals surface area (Å²) in [5.41, 5.74) is 0. The van der Waals surface area contributed by atoms with E-state index in [0.29, 0.717) is 12.8 Å². The van der Waals surface area contributed by atoms with Gasteiger partial charge in [0.05, 0.1) is 6.61 Å². The average molecular weight is 821 g/mol. The molecule has 12 nitrogen and oxygen atoms in total. The number of hydrogen-bond acceptors (Lipinski definition) is 11. The summed E-state index contributed by atoms with van der Waals surface area (Å²) >= 11 is 0. The molecule has 2 unspecified atom stereocenters. The van der Waals surface area contributed by atoms with Gasteiger partial charge in [0.15, 0.2) is 12.4 Å². The first-order valence-corrected chi connectivity index (χ1v) is 23.9. The number of carbonyl (C=O) groups excluding carboxylic acids is 2. The van der Waals surface area contributed by atoms with Gasteiger partial charge in [0.25, 0.3) is 10.1 Å². The average Bonchev–Trinajstić information content (AvgIpc) is 3.16. The third-order valence-corrected chi connectivity index (χ3v) is 11.1. The van der Waals surface area contributed by atoms with Crippen LogP contribution >= 0.6 is 0 Å². The van der Waals surface area contributed by atoms with Crippen LogP contribution in [0.2, 0.25) is 0 Å². The molecule has 0 aromatic carbocycles. The molecule has 1 rings (SSSR count). The van der Waals surface area contributed by atoms with Crippen LogP contribution in [0.1, 0.15) is 194 Å². The van der Waals surface area contributed by atoms with Crippen molar-refractivity contribution in [3.63, 3.8) is 0 Å². The number of unbranched alkanes of at least 4 members (excludes halogenated alkanes) is 23. The van der Waals surface area contributed by atoms with Crippen LogP contribution in [0.25, 0.3) is 0 Å². The van der Waals surface area contributed by atoms with E-state index < -0.39 is 71.2 Å². The van der Waals surface area contributed by atoms with Crippen LogP contribution in [-0.4, -0.2) is 96.0 Å². The molecule has 0 saturated carbocycles. The van der Waals surface area contributed by atoms with Gasteiger partial charge in [0, 0.05) is 12.8 Å². The van der Waals surface area contributed by atoms with Crippen LogP contribution in [0.3, 0.4) is 0 Å². The Balaban J connectivity index is 2.46. The maximum Gasteiger partial charge on any atom is 0.306 e. The first-order valence-electron chi connectivity index (χ1n) is 22.2. The van der Waals surface area contributed by atoms with Crippen molar-refractivity contribution in [1.29, 1.82) is 0 Å². The van der Waals surface area contributed by atoms with Gasteiger partial charge >= 0.3 is 11.9 Å². The number of ether oxygens (including phenoxy) is 4. The molecule has 1 fully saturated rings. The highest BCUT2D eigenvalue weighted by molar-refractivity contribution is 7.85. The van der Waals surface area contributed by atoms with Gasteiger partial charge < -0.3 is 34.3 Å². The fourth-order valence-corrected chi connectivity index (χ4v) is 7.54. The largest absolute Gasteiger partial charge is 0.462 e. The van der Waals surface area contributed by atoms with Gasteiger partial charge in [-0.05, 0) is 38.5 Å². The zero-order valence-electron chi connectivity index (χ0n) is 35.0. The molecule has 56 heavy (non-hydrogen) atoms. The van der Waals surface area contributed by atoms with E-state index in [4.69, 9.17) is 18.9 Å². The van der Waals surface area contributed by atoms with E-state index in [-0.39, 0.29) is 19.4 Å². The van der Waals surface area contributed by atoms with E-state index in [1.54, 1.807) is 0 Å². The second-order valence-corrected chi connectivity index (χ2v) is 17.2. The van der Waals surface area contributed by atoms with Crippen molar-refractivity contribution in [2.24, 2.45) is 0 Å². The molecular weight excluding hydrogens is 741 g/mol. The Bertz CT molecular complexity index is 1100. The van der Waals surface area contributed by atoms with Gasteiger partial charge in [-0.15, -0.1) is 0 Å². The molecule has 0 spiro atoms. The summed E-state index contributed by atoms with van der Waals surface area (Å²) in [5.74, 6) is -1.98. The van der Waals surface area contributed by atoms with E-state index in [0.717, 1.165) is 51.4 Å². The standard InChI is InChI=1S/C43H80O12S/c1-3-5-7-9-11-13-15-17-18-20-22-24-26-28-30-32-39(45)54-36(34-53-43-42(48)41(47)40(46)37(55-43)35-56(49,50)51)33-52-38(44)31-29-27-25-23-21-19-16-14-12-10-8-6-4-2/h13,15,36-37,40-43,46-48H,3-12,14,16-35H2,1-2H3,(H,49,50,51)/b15-13+/t36-,37-,40-,41?,42?,43+/m1/s1. The number of aliphatic hydroxyl groups excluding tert-OH is 3. The van der Waals surface area contributed by atoms with Crippen molar-refractivity contribution in [2.75, 3.05) is 19.0 Å². The maximum atomic E-state index is 12.8. The second kappa shape index (κ2) is 34.3. The Hall–Kier alpha value is -1.61. The molecule has 0 radical (unpaired) electrons. The predicted molar refractivity (Wildman–Crippen MR) is 220 cm³/mol. The first kappa shape index (κ1) is 52.4. The molecule has 4 N–H and O–H groups in total. The minimum Gasteiger partial charge on any atom is -0.462 e. The maximum absolute atomic E-state index is 12.8. The van der Waals surface area contributed by atoms with Crippen LogP contribution in [0.5, 0.6) is 0 Å². The zero-order chi connectivity index (χ0) is 41.3. The normalized spacial score (nSPS) is 20.7. The summed E-state index contributed by atoms with van der Waals surface area (Å²) in [6.07, 6.45) is 25.4. The number of rotatable bonds is 37. The lowest BCUT2D eigenvalue weighted by atomic mass is 10.00. The van der Waals surface area contributed by atoms with E-state index in [1.807, 2.05) is 0 Å². The predicted octanol–water partition coefficient (Wildman–Crippen LogP) is 8.67. The van der Waals surface area contributed by atoms with Gasteiger partial charge in [-0.2, -0.15) is 8.42 Å². The Labute approximate surface area is 339 Å². The van der Waals surface area contributed by atoms with E-state index >= 15 is 0 Å². The monoisotopic (exact) mass is 821 g/mol. The number of hydrogen-bond donors (Lipinski definition) is 4. The number of allylic oxidation sites excluding steroid dienone is 2. The summed E-state index contributed by atoms with van der Waals surface area (Å²) in [6.45, 7) is 3.75. The SMILES string of the molecule is CCCCCC/C=C/CCCCCCCCCC(=O)O[C@H](COC(=O)CCCCCCCCCCCCCCC)CO[C@H]1O[C@H](CS(=O)(=O)O)[C@@H](O)C(O)C1O. The third-order valence-electron chi connectivity index (χ3n) is 10.3. The number of carbonyl (C=O) groups is 2. The third kappa shape index (κ3) is 28.7. The molecule has 6 atom stereocenters. The van der Waals surface area contributed by atoms with Gasteiger partial charge in [-0.25, -0.2) is 0 Å². The molecule has 1 saturated heterocycles. The molecule has 0 aromatic heterocycles. The molecule has 0 bridgehead atoms. The lowest BCUT2D eigenvalue weighted by Crippen LogP contribution is -2.60. The van der Waals surface area contributed by atoms with Crippen molar-refractivity contribution in [3.05, 3.63) is 12.2 Å². The minimum absolute atomic E-state index is 0.163. The highest BCUT2D eigenvalue weighted by Crippen LogP contribution is 2.24. The summed E-state index contributed by atoms with van der Waals surface area (Å²) in [7, 11) is -4.60. The van der Waals surface area contributed by atoms with E-state index in [1.165, 1.54) is 103 Å². The summed E-state index contributed by atoms with van der Waals surface area (Å²) < 4.78 is 54.0. The van der Waals surface area contributed by atoms with Crippen molar-refractivity contribution in [2.45, 2.75) is 230 Å². The fraction of sp³-hybridized carbons (Fsp3) is 0.907. The van der Waals surface area contributed by atoms with Gasteiger partial charge in [0.2, 0.25) is 0 Å². The molecule has 330 valence electrons. The van der Waals surface area contributed by atoms with Crippen molar-refractivity contribution >= 4 is 22.1 Å². The zero-order valence-corrected chi connectivity index (χ0v) is 35.8. The van der Waals surface area contributed by atoms with Crippen molar-refractivity contribution in [3.8, 4) is 0 Å². The molecule has 1 aliphatic rings. The summed E-state index contributed by atoms with van der Waals surface area (Å²) in [6, 6.07) is 0. The summed E-state index contributed by atoms with van der Waals surface area (Å²) in [5, 5.41) is 30.8. The molecule has 1 aliphatic heterocycles. The molecule has 0 aromatic rings. The molecular formula is C43H80O12S. The Kier molecular flexibility index (Phi) is 32.1. The van der Waals surface area contributed by atoms with Crippen LogP contribution in [0.4, 0.5) is 0 Å². The topological polar surface area (TPSA) is 186 Å². The van der Waals surface area contributed by atoms with Crippen LogP contribution < -0.4 is 0 Å². The number of aliphatic hydroxyl groups is 3.